The van der Waals surface area contributed by atoms with Gasteiger partial charge in [0.2, 0.25) is 0 Å². The van der Waals surface area contributed by atoms with Crippen LogP contribution in [0.15, 0.2) is 0 Å². The van der Waals surface area contributed by atoms with Crippen LogP contribution in [0, 0.1) is 0 Å². The quantitative estimate of drug-likeness (QED) is 0.349. The number of rotatable bonds is 1. The topological polar surface area (TPSA) is 49.7 Å². The number of hydrogen-bond donors (Lipinski definition) is 2. The largest absolute Gasteiger partial charge is 0.622 e. The molecule has 0 unspecified atom stereocenters. The molecule has 0 aromatic heterocycles. The minimum absolute atomic E-state index is 0. The van der Waals surface area contributed by atoms with Crippen LogP contribution in [0.2, 0.25) is 0 Å². The summed E-state index contributed by atoms with van der Waals surface area (Å²) in [5, 5.41) is 15.5. The maximum absolute atomic E-state index is 7.73. The van der Waals surface area contributed by atoms with E-state index in [0.717, 1.165) is 0 Å². The molecule has 0 saturated heterocycles. The predicted octanol–water partition coefficient (Wildman–Crippen LogP) is -3.93. The van der Waals surface area contributed by atoms with Crippen molar-refractivity contribution in [1.82, 2.24) is 0 Å². The van der Waals surface area contributed by atoms with Crippen molar-refractivity contribution in [2.75, 3.05) is 0 Å². The molecule has 0 atom stereocenters. The maximum atomic E-state index is 7.73. The summed E-state index contributed by atoms with van der Waals surface area (Å²) in [5.74, 6) is 0. The van der Waals surface area contributed by atoms with Gasteiger partial charge in [-0.3, -0.25) is 0 Å². The van der Waals surface area contributed by atoms with Crippen LogP contribution >= 0.6 is 0 Å². The summed E-state index contributed by atoms with van der Waals surface area (Å²) in [6.07, 6.45) is 0. The zero-order chi connectivity index (χ0) is 4.28. The Kier molecular flexibility index (Phi) is 9.35. The van der Waals surface area contributed by atoms with Gasteiger partial charge in [-0.05, 0) is 0 Å². The van der Waals surface area contributed by atoms with Gasteiger partial charge < -0.3 is 14.4 Å². The molecule has 0 amide bonds. The third kappa shape index (κ3) is 8.83. The second kappa shape index (κ2) is 5.69. The highest BCUT2D eigenvalue weighted by atomic mass is 28.2. The molecule has 0 heterocycles. The van der Waals surface area contributed by atoms with Gasteiger partial charge in [0.15, 0.2) is 17.4 Å². The predicted molar refractivity (Wildman–Crippen MR) is 31.2 cm³/mol. The summed E-state index contributed by atoms with van der Waals surface area (Å²) in [5.41, 5.74) is 0. The zero-order valence-corrected chi connectivity index (χ0v) is 4.88. The summed E-state index contributed by atoms with van der Waals surface area (Å²) in [7, 11) is -1.18. The average Bonchev–Trinajstić information content (AvgIpc) is 1.38. The van der Waals surface area contributed by atoms with Gasteiger partial charge in [0.25, 0.3) is 0 Å². The van der Waals surface area contributed by atoms with Gasteiger partial charge in [0, 0.05) is 0 Å². The van der Waals surface area contributed by atoms with Gasteiger partial charge >= 0.3 is 7.32 Å². The van der Waals surface area contributed by atoms with Crippen molar-refractivity contribution >= 4 is 35.2 Å². The molecule has 0 rings (SSSR count). The Labute approximate surface area is 50.2 Å². The van der Waals surface area contributed by atoms with Gasteiger partial charge in [0.1, 0.15) is 10.5 Å². The standard InChI is InChI=1S/Al.BH5O3Si.3H/c;2-1(3)4-5;;;/h;2-3H,5H3;;;. The molecule has 0 aliphatic rings. The van der Waals surface area contributed by atoms with Crippen LogP contribution in [0.5, 0.6) is 0 Å². The fourth-order valence-corrected chi connectivity index (χ4v) is 0. The van der Waals surface area contributed by atoms with Crippen LogP contribution in [-0.4, -0.2) is 45.2 Å². The van der Waals surface area contributed by atoms with E-state index in [2.05, 4.69) is 4.34 Å². The van der Waals surface area contributed by atoms with Crippen LogP contribution < -0.4 is 0 Å². The summed E-state index contributed by atoms with van der Waals surface area (Å²) >= 11 is 0. The van der Waals surface area contributed by atoms with Crippen molar-refractivity contribution in [3.05, 3.63) is 0 Å². The molecule has 0 aromatic carbocycles. The van der Waals surface area contributed by atoms with E-state index in [0.29, 0.717) is 10.5 Å². The minimum atomic E-state index is -1.55. The normalized spacial score (nSPS) is 7.00. The third-order valence-electron chi connectivity index (χ3n) is 0.211. The van der Waals surface area contributed by atoms with Crippen molar-refractivity contribution in [1.29, 1.82) is 0 Å². The van der Waals surface area contributed by atoms with E-state index < -0.39 is 7.32 Å². The SMILES string of the molecule is OB(O)O[SiH3].[AlH3]. The molecule has 0 radical (unpaired) electrons. The van der Waals surface area contributed by atoms with E-state index in [4.69, 9.17) is 10.0 Å². The van der Waals surface area contributed by atoms with E-state index in [1.807, 2.05) is 0 Å². The van der Waals surface area contributed by atoms with E-state index in [1.165, 1.54) is 0 Å². The molecule has 0 aliphatic carbocycles. The van der Waals surface area contributed by atoms with Gasteiger partial charge in [-0.2, -0.15) is 0 Å². The van der Waals surface area contributed by atoms with Gasteiger partial charge in [-0.1, -0.05) is 0 Å². The first-order valence-corrected chi connectivity index (χ1v) is 1.98. The molecule has 36 valence electrons. The molecule has 0 bridgehead atoms. The lowest BCUT2D eigenvalue weighted by Crippen LogP contribution is -2.13. The molecule has 0 saturated carbocycles. The van der Waals surface area contributed by atoms with Crippen LogP contribution in [0.4, 0.5) is 0 Å². The Morgan fingerprint density at radius 1 is 1.50 bits per heavy atom. The van der Waals surface area contributed by atoms with Crippen LogP contribution in [-0.2, 0) is 4.34 Å². The average molecular weight is 122 g/mol. The highest BCUT2D eigenvalue weighted by Gasteiger charge is 1.99. The van der Waals surface area contributed by atoms with Crippen molar-refractivity contribution in [2.45, 2.75) is 0 Å². The summed E-state index contributed by atoms with van der Waals surface area (Å²) in [4.78, 5) is 0. The van der Waals surface area contributed by atoms with Crippen LogP contribution in [0.1, 0.15) is 0 Å². The fraction of sp³-hybridized carbons (Fsp3) is 0. The van der Waals surface area contributed by atoms with Gasteiger partial charge in [-0.25, -0.2) is 0 Å². The van der Waals surface area contributed by atoms with E-state index in [1.54, 1.807) is 0 Å². The number of hydrogen-bond acceptors (Lipinski definition) is 3. The molecule has 2 N–H and O–H groups in total. The van der Waals surface area contributed by atoms with Gasteiger partial charge in [0.05, 0.1) is 0 Å². The second-order valence-corrected chi connectivity index (χ2v) is 1.03. The first-order valence-electron chi connectivity index (χ1n) is 1.16. The monoisotopic (exact) mass is 122 g/mol. The molecule has 3 nitrogen and oxygen atoms in total. The van der Waals surface area contributed by atoms with Crippen LogP contribution in [0.3, 0.4) is 0 Å². The third-order valence-corrected chi connectivity index (χ3v) is 0.632. The minimum Gasteiger partial charge on any atom is -0.437 e. The Bertz CT molecular complexity index is 24.8. The van der Waals surface area contributed by atoms with Crippen molar-refractivity contribution in [3.63, 3.8) is 0 Å². The zero-order valence-electron chi connectivity index (χ0n) is 2.88. The van der Waals surface area contributed by atoms with E-state index in [9.17, 15) is 0 Å². The lowest BCUT2D eigenvalue weighted by molar-refractivity contribution is 0.299. The highest BCUT2D eigenvalue weighted by molar-refractivity contribution is 6.38. The molecule has 6 heavy (non-hydrogen) atoms. The van der Waals surface area contributed by atoms with Crippen molar-refractivity contribution in [2.24, 2.45) is 0 Å². The van der Waals surface area contributed by atoms with Crippen LogP contribution in [0.25, 0.3) is 0 Å². The molecular weight excluding hydrogens is 114 g/mol. The van der Waals surface area contributed by atoms with Crippen molar-refractivity contribution < 1.29 is 14.4 Å². The molecule has 6 heteroatoms. The summed E-state index contributed by atoms with van der Waals surface area (Å²) < 4.78 is 4.00. The molecular formula is H8AlBO3Si. The molecule has 0 aromatic rings. The highest BCUT2D eigenvalue weighted by Crippen LogP contribution is 1.58. The van der Waals surface area contributed by atoms with Gasteiger partial charge in [-0.15, -0.1) is 0 Å². The Morgan fingerprint density at radius 2 is 1.67 bits per heavy atom. The fourth-order valence-electron chi connectivity index (χ4n) is 0. The first-order chi connectivity index (χ1) is 2.27. The molecule has 0 fully saturated rings. The smallest absolute Gasteiger partial charge is 0.437 e. The molecule has 0 aliphatic heterocycles. The lowest BCUT2D eigenvalue weighted by Gasteiger charge is -1.85. The maximum Gasteiger partial charge on any atom is 0.622 e. The Morgan fingerprint density at radius 3 is 1.67 bits per heavy atom. The van der Waals surface area contributed by atoms with E-state index >= 15 is 0 Å². The summed E-state index contributed by atoms with van der Waals surface area (Å²) in [6.45, 7) is 0. The second-order valence-electron chi connectivity index (χ2n) is 0.562. The van der Waals surface area contributed by atoms with Crippen molar-refractivity contribution in [3.8, 4) is 0 Å². The Hall–Kier alpha value is 0.694. The molecule has 0 spiro atoms. The lowest BCUT2D eigenvalue weighted by atomic mass is 10.3. The van der Waals surface area contributed by atoms with E-state index in [-0.39, 0.29) is 17.4 Å². The Balaban J connectivity index is 0. The first kappa shape index (κ1) is 9.85. The summed E-state index contributed by atoms with van der Waals surface area (Å²) in [6, 6.07) is 0.